The largest absolute Gasteiger partial charge is 0.463 e. The molecule has 1 aliphatic rings. The lowest BCUT2D eigenvalue weighted by Gasteiger charge is -2.22. The number of rotatable bonds is 7. The Balaban J connectivity index is 1.45. The number of aromatic nitrogens is 1. The number of benzene rings is 2. The molecule has 2 aromatic carbocycles. The number of ether oxygens (including phenoxy) is 1. The first-order valence-corrected chi connectivity index (χ1v) is 14.7. The monoisotopic (exact) mass is 659 g/mol. The predicted octanol–water partition coefficient (Wildman–Crippen LogP) is 5.99. The van der Waals surface area contributed by atoms with Gasteiger partial charge in [-0.25, -0.2) is 9.79 Å². The van der Waals surface area contributed by atoms with Gasteiger partial charge in [0.15, 0.2) is 4.80 Å². The smallest absolute Gasteiger partial charge is 0.338 e. The van der Waals surface area contributed by atoms with Gasteiger partial charge in [0.2, 0.25) is 0 Å². The Morgan fingerprint density at radius 2 is 1.84 bits per heavy atom. The van der Waals surface area contributed by atoms with Gasteiger partial charge >= 0.3 is 5.97 Å². The number of nitro groups is 1. The van der Waals surface area contributed by atoms with Crippen LogP contribution in [0.15, 0.2) is 107 Å². The first kappa shape index (κ1) is 28.3. The molecule has 0 spiro atoms. The first-order chi connectivity index (χ1) is 20.7. The van der Waals surface area contributed by atoms with Gasteiger partial charge in [-0.15, -0.1) is 0 Å². The van der Waals surface area contributed by atoms with E-state index in [1.54, 1.807) is 50.3 Å². The molecule has 4 heterocycles. The van der Waals surface area contributed by atoms with Crippen LogP contribution < -0.4 is 14.9 Å². The zero-order valence-corrected chi connectivity index (χ0v) is 25.2. The van der Waals surface area contributed by atoms with Crippen molar-refractivity contribution in [3.05, 3.63) is 130 Å². The van der Waals surface area contributed by atoms with E-state index in [0.29, 0.717) is 37.9 Å². The number of carbonyl (C=O) groups excluding carboxylic acids is 1. The molecule has 0 unspecified atom stereocenters. The van der Waals surface area contributed by atoms with Crippen LogP contribution in [0.4, 0.5) is 5.69 Å². The number of hydrogen-bond donors (Lipinski definition) is 0. The molecule has 0 amide bonds. The number of furan rings is 2. The molecule has 0 saturated carbocycles. The molecule has 0 fully saturated rings. The van der Waals surface area contributed by atoms with Gasteiger partial charge < -0.3 is 13.6 Å². The molecular weight excluding hydrogens is 638 g/mol. The Morgan fingerprint density at radius 3 is 2.58 bits per heavy atom. The molecule has 5 aromatic rings. The zero-order valence-electron chi connectivity index (χ0n) is 22.8. The van der Waals surface area contributed by atoms with Crippen molar-refractivity contribution >= 4 is 45.0 Å². The lowest BCUT2D eigenvalue weighted by atomic mass is 10.0. The molecule has 1 atom stereocenters. The van der Waals surface area contributed by atoms with Crippen molar-refractivity contribution in [3.63, 3.8) is 0 Å². The molecule has 0 radical (unpaired) electrons. The third-order valence-corrected chi connectivity index (χ3v) is 8.30. The molecular formula is C31H22BrN3O7S. The van der Waals surface area contributed by atoms with Crippen molar-refractivity contribution in [1.82, 2.24) is 4.57 Å². The number of thiazole rings is 1. The van der Waals surface area contributed by atoms with Gasteiger partial charge in [0.05, 0.1) is 27.3 Å². The quantitative estimate of drug-likeness (QED) is 0.119. The first-order valence-electron chi connectivity index (χ1n) is 13.1. The molecule has 43 heavy (non-hydrogen) atoms. The number of esters is 1. The summed E-state index contributed by atoms with van der Waals surface area (Å²) in [7, 11) is 0. The summed E-state index contributed by atoms with van der Waals surface area (Å²) in [6.07, 6.45) is 1.64. The number of fused-ring (bicyclic) bond motifs is 1. The normalized spacial score (nSPS) is 14.9. The minimum absolute atomic E-state index is 0.0902. The summed E-state index contributed by atoms with van der Waals surface area (Å²) in [5.41, 5.74) is 1.43. The SMILES string of the molecule is CCOC(=O)C1=C(C)N=c2s/c(=C\c3ccc(-c4ccc(Br)cc4)o3)c(=O)n2[C@H]1c1ccc(-c2cccc([N+](=O)[O-])c2)o1. The third-order valence-electron chi connectivity index (χ3n) is 6.78. The molecule has 1 aliphatic heterocycles. The van der Waals surface area contributed by atoms with E-state index in [9.17, 15) is 19.7 Å². The van der Waals surface area contributed by atoms with E-state index in [2.05, 4.69) is 20.9 Å². The summed E-state index contributed by atoms with van der Waals surface area (Å²) in [6.45, 7) is 3.50. The van der Waals surface area contributed by atoms with Gasteiger partial charge in [-0.3, -0.25) is 19.5 Å². The second-order valence-corrected chi connectivity index (χ2v) is 11.4. The fourth-order valence-electron chi connectivity index (χ4n) is 4.82. The van der Waals surface area contributed by atoms with Crippen molar-refractivity contribution in [2.24, 2.45) is 4.99 Å². The minimum atomic E-state index is -0.972. The Labute approximate surface area is 256 Å². The fourth-order valence-corrected chi connectivity index (χ4v) is 6.11. The molecule has 12 heteroatoms. The van der Waals surface area contributed by atoms with Gasteiger partial charge in [-0.1, -0.05) is 51.5 Å². The van der Waals surface area contributed by atoms with Crippen molar-refractivity contribution in [1.29, 1.82) is 0 Å². The average molecular weight is 661 g/mol. The van der Waals surface area contributed by atoms with Gasteiger partial charge in [-0.05, 0) is 50.2 Å². The average Bonchev–Trinajstić information content (AvgIpc) is 3.73. The van der Waals surface area contributed by atoms with Crippen molar-refractivity contribution in [3.8, 4) is 22.6 Å². The molecule has 0 aliphatic carbocycles. The number of halogens is 1. The summed E-state index contributed by atoms with van der Waals surface area (Å²) in [5, 5.41) is 11.3. The highest BCUT2D eigenvalue weighted by Crippen LogP contribution is 2.35. The number of non-ortho nitro benzene ring substituents is 1. The van der Waals surface area contributed by atoms with E-state index >= 15 is 0 Å². The molecule has 0 bridgehead atoms. The summed E-state index contributed by atoms with van der Waals surface area (Å²) in [4.78, 5) is 42.8. The van der Waals surface area contributed by atoms with Crippen LogP contribution in [-0.2, 0) is 9.53 Å². The van der Waals surface area contributed by atoms with Crippen LogP contribution in [0, 0.1) is 10.1 Å². The zero-order chi connectivity index (χ0) is 30.2. The third kappa shape index (κ3) is 5.42. The highest BCUT2D eigenvalue weighted by atomic mass is 79.9. The molecule has 216 valence electrons. The highest BCUT2D eigenvalue weighted by molar-refractivity contribution is 9.10. The Morgan fingerprint density at radius 1 is 1.09 bits per heavy atom. The summed E-state index contributed by atoms with van der Waals surface area (Å²) >= 11 is 4.59. The van der Waals surface area contributed by atoms with E-state index in [4.69, 9.17) is 13.6 Å². The topological polar surface area (TPSA) is 130 Å². The van der Waals surface area contributed by atoms with Crippen LogP contribution in [0.2, 0.25) is 0 Å². The van der Waals surface area contributed by atoms with Crippen LogP contribution in [0.5, 0.6) is 0 Å². The van der Waals surface area contributed by atoms with Crippen molar-refractivity contribution < 1.29 is 23.3 Å². The van der Waals surface area contributed by atoms with Gasteiger partial charge in [-0.2, -0.15) is 0 Å². The number of carbonyl (C=O) groups is 1. The van der Waals surface area contributed by atoms with Gasteiger partial charge in [0.25, 0.3) is 11.2 Å². The molecule has 10 nitrogen and oxygen atoms in total. The fraction of sp³-hybridized carbons (Fsp3) is 0.129. The second kappa shape index (κ2) is 11.5. The van der Waals surface area contributed by atoms with Crippen molar-refractivity contribution in [2.45, 2.75) is 19.9 Å². The maximum atomic E-state index is 13.9. The molecule has 6 rings (SSSR count). The number of nitrogens with zero attached hydrogens (tertiary/aromatic N) is 3. The lowest BCUT2D eigenvalue weighted by molar-refractivity contribution is -0.384. The highest BCUT2D eigenvalue weighted by Gasteiger charge is 2.35. The summed E-state index contributed by atoms with van der Waals surface area (Å²) in [5.74, 6) is 1.12. The van der Waals surface area contributed by atoms with Crippen molar-refractivity contribution in [2.75, 3.05) is 6.61 Å². The minimum Gasteiger partial charge on any atom is -0.463 e. The van der Waals surface area contributed by atoms with Crippen LogP contribution in [-0.4, -0.2) is 22.1 Å². The standard InChI is InChI=1S/C31H22BrN3O7S/c1-3-40-30(37)27-17(2)33-31-34(28(27)25-14-13-24(42-25)19-5-4-6-21(15-19)35(38)39)29(36)26(43-31)16-22-11-12-23(41-22)18-7-9-20(32)10-8-18/h4-16,28H,3H2,1-2H3/b26-16-/t28-/m0/s1. The molecule has 0 N–H and O–H groups in total. The van der Waals surface area contributed by atoms with Gasteiger partial charge in [0, 0.05) is 33.8 Å². The number of nitro benzene ring substituents is 1. The molecule has 3 aromatic heterocycles. The van der Waals surface area contributed by atoms with E-state index in [1.807, 2.05) is 30.3 Å². The second-order valence-electron chi connectivity index (χ2n) is 9.52. The maximum Gasteiger partial charge on any atom is 0.338 e. The molecule has 0 saturated heterocycles. The van der Waals surface area contributed by atoms with Crippen LogP contribution in [0.25, 0.3) is 28.7 Å². The Hall–Kier alpha value is -4.81. The lowest BCUT2D eigenvalue weighted by Crippen LogP contribution is -2.39. The maximum absolute atomic E-state index is 13.9. The van der Waals surface area contributed by atoms with E-state index in [1.165, 1.54) is 16.7 Å². The van der Waals surface area contributed by atoms with Crippen LogP contribution in [0.3, 0.4) is 0 Å². The van der Waals surface area contributed by atoms with Crippen LogP contribution in [0.1, 0.15) is 31.4 Å². The summed E-state index contributed by atoms with van der Waals surface area (Å²) in [6, 6.07) is 19.6. The van der Waals surface area contributed by atoms with Crippen LogP contribution >= 0.6 is 27.3 Å². The number of allylic oxidation sites excluding steroid dienone is 1. The van der Waals surface area contributed by atoms with Gasteiger partial charge in [0.1, 0.15) is 29.1 Å². The number of hydrogen-bond acceptors (Lipinski definition) is 9. The Kier molecular flexibility index (Phi) is 7.55. The Bertz CT molecular complexity index is 2100. The van der Waals surface area contributed by atoms with E-state index in [-0.39, 0.29) is 23.6 Å². The van der Waals surface area contributed by atoms with E-state index < -0.39 is 22.5 Å². The van der Waals surface area contributed by atoms with E-state index in [0.717, 1.165) is 21.4 Å². The predicted molar refractivity (Wildman–Crippen MR) is 163 cm³/mol. The summed E-state index contributed by atoms with van der Waals surface area (Å²) < 4.78 is 20.2.